The van der Waals surface area contributed by atoms with Gasteiger partial charge in [-0.1, -0.05) is 44.7 Å². The zero-order chi connectivity index (χ0) is 12.3. The molecule has 0 unspecified atom stereocenters. The first kappa shape index (κ1) is 17.8. The Hall–Kier alpha value is -0.180. The Balaban J connectivity index is 0.00000289. The average molecular weight is 288 g/mol. The molecule has 3 heteroatoms. The largest absolute Gasteiger partial charge is 0.313 e. The van der Waals surface area contributed by atoms with Crippen LogP contribution in [-0.2, 0) is 6.54 Å². The van der Waals surface area contributed by atoms with Gasteiger partial charge in [-0.25, -0.2) is 0 Å². The van der Waals surface area contributed by atoms with Crippen LogP contribution in [0.4, 0.5) is 0 Å². The summed E-state index contributed by atoms with van der Waals surface area (Å²) in [6, 6.07) is 8.83. The van der Waals surface area contributed by atoms with Crippen molar-refractivity contribution in [1.82, 2.24) is 5.32 Å². The second-order valence-electron chi connectivity index (χ2n) is 4.44. The van der Waals surface area contributed by atoms with Gasteiger partial charge < -0.3 is 5.32 Å². The highest BCUT2D eigenvalue weighted by atomic mass is 35.5. The number of thioether (sulfide) groups is 1. The average Bonchev–Trinajstić information content (AvgIpc) is 2.38. The van der Waals surface area contributed by atoms with Crippen molar-refractivity contribution in [3.63, 3.8) is 0 Å². The maximum Gasteiger partial charge on any atom is 0.0205 e. The maximum atomic E-state index is 3.51. The molecule has 0 aliphatic heterocycles. The second kappa shape index (κ2) is 11.9. The Morgan fingerprint density at radius 3 is 2.28 bits per heavy atom. The molecule has 0 atom stereocenters. The molecule has 18 heavy (non-hydrogen) atoms. The number of hydrogen-bond donors (Lipinski definition) is 1. The Bertz CT molecular complexity index is 287. The van der Waals surface area contributed by atoms with Crippen LogP contribution in [0, 0.1) is 0 Å². The lowest BCUT2D eigenvalue weighted by molar-refractivity contribution is 0.583. The lowest BCUT2D eigenvalue weighted by Gasteiger charge is -2.05. The van der Waals surface area contributed by atoms with Gasteiger partial charge in [0.25, 0.3) is 0 Å². The summed E-state index contributed by atoms with van der Waals surface area (Å²) in [7, 11) is 0. The molecule has 1 rings (SSSR count). The first-order chi connectivity index (χ1) is 8.36. The molecule has 1 aromatic carbocycles. The van der Waals surface area contributed by atoms with Crippen molar-refractivity contribution in [3.05, 3.63) is 29.8 Å². The number of benzene rings is 1. The van der Waals surface area contributed by atoms with E-state index < -0.39 is 0 Å². The van der Waals surface area contributed by atoms with Crippen LogP contribution < -0.4 is 5.32 Å². The Labute approximate surface area is 123 Å². The molecule has 0 aromatic heterocycles. The van der Waals surface area contributed by atoms with Gasteiger partial charge in [-0.05, 0) is 36.9 Å². The summed E-state index contributed by atoms with van der Waals surface area (Å²) in [5.41, 5.74) is 1.39. The molecule has 0 spiro atoms. The highest BCUT2D eigenvalue weighted by Gasteiger charge is 1.94. The lowest BCUT2D eigenvalue weighted by Crippen LogP contribution is -2.14. The molecule has 0 saturated carbocycles. The predicted octanol–water partition coefficient (Wildman–Crippen LogP) is 4.89. The van der Waals surface area contributed by atoms with Crippen LogP contribution in [0.2, 0.25) is 0 Å². The van der Waals surface area contributed by atoms with Gasteiger partial charge in [-0.3, -0.25) is 0 Å². The summed E-state index contributed by atoms with van der Waals surface area (Å²) in [5.74, 6) is 0. The Morgan fingerprint density at radius 2 is 1.67 bits per heavy atom. The first-order valence-corrected chi connectivity index (χ1v) is 7.93. The van der Waals surface area contributed by atoms with Crippen LogP contribution in [0.25, 0.3) is 0 Å². The van der Waals surface area contributed by atoms with E-state index in [1.54, 1.807) is 11.8 Å². The van der Waals surface area contributed by atoms with E-state index in [1.807, 2.05) is 0 Å². The van der Waals surface area contributed by atoms with Crippen molar-refractivity contribution in [2.24, 2.45) is 0 Å². The number of halogens is 1. The maximum absolute atomic E-state index is 3.51. The molecule has 104 valence electrons. The molecule has 0 radical (unpaired) electrons. The molecule has 0 amide bonds. The second-order valence-corrected chi connectivity index (χ2v) is 5.32. The number of hydrogen-bond acceptors (Lipinski definition) is 2. The highest BCUT2D eigenvalue weighted by molar-refractivity contribution is 7.98. The quantitative estimate of drug-likeness (QED) is 0.513. The van der Waals surface area contributed by atoms with Crippen molar-refractivity contribution in [2.45, 2.75) is 50.5 Å². The molecule has 0 aliphatic rings. The van der Waals surface area contributed by atoms with Crippen molar-refractivity contribution < 1.29 is 0 Å². The first-order valence-electron chi connectivity index (χ1n) is 6.70. The zero-order valence-electron chi connectivity index (χ0n) is 11.6. The molecule has 1 nitrogen and oxygen atoms in total. The molecule has 1 aromatic rings. The topological polar surface area (TPSA) is 12.0 Å². The van der Waals surface area contributed by atoms with Gasteiger partial charge in [0.05, 0.1) is 0 Å². The SMILES string of the molecule is CCCCCCCNCc1ccc(SC)cc1.Cl. The molecule has 0 fully saturated rings. The van der Waals surface area contributed by atoms with Gasteiger partial charge in [-0.15, -0.1) is 24.2 Å². The van der Waals surface area contributed by atoms with E-state index in [0.29, 0.717) is 0 Å². The van der Waals surface area contributed by atoms with Gasteiger partial charge in [0, 0.05) is 11.4 Å². The van der Waals surface area contributed by atoms with E-state index in [1.165, 1.54) is 42.6 Å². The third kappa shape index (κ3) is 8.02. The highest BCUT2D eigenvalue weighted by Crippen LogP contribution is 2.14. The van der Waals surface area contributed by atoms with E-state index in [9.17, 15) is 0 Å². The van der Waals surface area contributed by atoms with Crippen LogP contribution >= 0.6 is 24.2 Å². The molecule has 0 saturated heterocycles. The Morgan fingerprint density at radius 1 is 1.00 bits per heavy atom. The summed E-state index contributed by atoms with van der Waals surface area (Å²) in [6.45, 7) is 4.41. The van der Waals surface area contributed by atoms with Gasteiger partial charge in [0.2, 0.25) is 0 Å². The van der Waals surface area contributed by atoms with E-state index in [2.05, 4.69) is 42.8 Å². The van der Waals surface area contributed by atoms with Crippen LogP contribution in [-0.4, -0.2) is 12.8 Å². The summed E-state index contributed by atoms with van der Waals surface area (Å²) in [4.78, 5) is 1.34. The van der Waals surface area contributed by atoms with E-state index in [4.69, 9.17) is 0 Å². The molecule has 0 aliphatic carbocycles. The normalized spacial score (nSPS) is 10.1. The van der Waals surface area contributed by atoms with E-state index >= 15 is 0 Å². The predicted molar refractivity (Wildman–Crippen MR) is 85.9 cm³/mol. The molecular weight excluding hydrogens is 262 g/mol. The van der Waals surface area contributed by atoms with Crippen LogP contribution in [0.1, 0.15) is 44.6 Å². The van der Waals surface area contributed by atoms with Crippen LogP contribution in [0.5, 0.6) is 0 Å². The molecular formula is C15H26ClNS. The molecule has 1 N–H and O–H groups in total. The van der Waals surface area contributed by atoms with Crippen LogP contribution in [0.3, 0.4) is 0 Å². The van der Waals surface area contributed by atoms with Gasteiger partial charge in [0.1, 0.15) is 0 Å². The molecule has 0 heterocycles. The summed E-state index contributed by atoms with van der Waals surface area (Å²) < 4.78 is 0. The van der Waals surface area contributed by atoms with Gasteiger partial charge in [-0.2, -0.15) is 0 Å². The van der Waals surface area contributed by atoms with Crippen molar-refractivity contribution in [2.75, 3.05) is 12.8 Å². The van der Waals surface area contributed by atoms with Crippen LogP contribution in [0.15, 0.2) is 29.2 Å². The van der Waals surface area contributed by atoms with E-state index in [-0.39, 0.29) is 12.4 Å². The minimum Gasteiger partial charge on any atom is -0.313 e. The number of rotatable bonds is 9. The third-order valence-corrected chi connectivity index (χ3v) is 3.69. The minimum atomic E-state index is 0. The summed E-state index contributed by atoms with van der Waals surface area (Å²) in [6.07, 6.45) is 8.89. The van der Waals surface area contributed by atoms with Gasteiger partial charge >= 0.3 is 0 Å². The lowest BCUT2D eigenvalue weighted by atomic mass is 10.1. The third-order valence-electron chi connectivity index (χ3n) is 2.95. The number of unbranched alkanes of at least 4 members (excludes halogenated alkanes) is 4. The molecule has 0 bridgehead atoms. The Kier molecular flexibility index (Phi) is 11.8. The fraction of sp³-hybridized carbons (Fsp3) is 0.600. The van der Waals surface area contributed by atoms with Gasteiger partial charge in [0.15, 0.2) is 0 Å². The zero-order valence-corrected chi connectivity index (χ0v) is 13.2. The van der Waals surface area contributed by atoms with Crippen molar-refractivity contribution >= 4 is 24.2 Å². The fourth-order valence-corrected chi connectivity index (χ4v) is 2.24. The van der Waals surface area contributed by atoms with E-state index in [0.717, 1.165) is 13.1 Å². The summed E-state index contributed by atoms with van der Waals surface area (Å²) in [5, 5.41) is 3.51. The summed E-state index contributed by atoms with van der Waals surface area (Å²) >= 11 is 1.80. The minimum absolute atomic E-state index is 0. The van der Waals surface area contributed by atoms with Crippen molar-refractivity contribution in [3.8, 4) is 0 Å². The fourth-order valence-electron chi connectivity index (χ4n) is 1.83. The van der Waals surface area contributed by atoms with Crippen molar-refractivity contribution in [1.29, 1.82) is 0 Å². The smallest absolute Gasteiger partial charge is 0.0205 e. The number of nitrogens with one attached hydrogen (secondary N) is 1. The standard InChI is InChI=1S/C15H25NS.ClH/c1-3-4-5-6-7-12-16-13-14-8-10-15(17-2)11-9-14;/h8-11,16H,3-7,12-13H2,1-2H3;1H. The monoisotopic (exact) mass is 287 g/mol.